The predicted octanol–water partition coefficient (Wildman–Crippen LogP) is 2.94. The second-order valence-electron chi connectivity index (χ2n) is 4.72. The van der Waals surface area contributed by atoms with Crippen molar-refractivity contribution in [2.45, 2.75) is 38.2 Å². The minimum atomic E-state index is -0.514. The molecule has 1 aliphatic rings. The fourth-order valence-corrected chi connectivity index (χ4v) is 2.61. The summed E-state index contributed by atoms with van der Waals surface area (Å²) in [7, 11) is 0. The topological polar surface area (TPSA) is 33.1 Å². The maximum absolute atomic E-state index is 10.3. The maximum atomic E-state index is 10.3. The average Bonchev–Trinajstić information content (AvgIpc) is 2.50. The standard InChI is InChI=1S/C12H16BrNO/c1-9-4-5-12(15,6-9)7-11-3-2-10(13)8-14-11/h2-3,8-9,15H,4-7H2,1H3. The molecule has 0 bridgehead atoms. The lowest BCUT2D eigenvalue weighted by molar-refractivity contribution is 0.0437. The Bertz CT molecular complexity index is 338. The highest BCUT2D eigenvalue weighted by Crippen LogP contribution is 2.36. The quantitative estimate of drug-likeness (QED) is 0.896. The van der Waals surface area contributed by atoms with Gasteiger partial charge in [-0.1, -0.05) is 6.92 Å². The van der Waals surface area contributed by atoms with Gasteiger partial charge in [0.2, 0.25) is 0 Å². The van der Waals surface area contributed by atoms with Crippen LogP contribution in [0.4, 0.5) is 0 Å². The van der Waals surface area contributed by atoms with Crippen LogP contribution in [0.3, 0.4) is 0 Å². The van der Waals surface area contributed by atoms with E-state index in [0.29, 0.717) is 12.3 Å². The lowest BCUT2D eigenvalue weighted by Gasteiger charge is -2.21. The molecule has 2 atom stereocenters. The van der Waals surface area contributed by atoms with Gasteiger partial charge in [0.1, 0.15) is 0 Å². The molecular weight excluding hydrogens is 254 g/mol. The smallest absolute Gasteiger partial charge is 0.0705 e. The zero-order valence-corrected chi connectivity index (χ0v) is 10.5. The molecule has 0 amide bonds. The lowest BCUT2D eigenvalue weighted by atomic mass is 9.94. The molecular formula is C12H16BrNO. The van der Waals surface area contributed by atoms with Crippen molar-refractivity contribution in [3.63, 3.8) is 0 Å². The van der Waals surface area contributed by atoms with Gasteiger partial charge in [-0.25, -0.2) is 0 Å². The molecule has 2 unspecified atom stereocenters. The molecule has 3 heteroatoms. The number of nitrogens with zero attached hydrogens (tertiary/aromatic N) is 1. The Kier molecular flexibility index (Phi) is 3.12. The van der Waals surface area contributed by atoms with Gasteiger partial charge in [-0.15, -0.1) is 0 Å². The summed E-state index contributed by atoms with van der Waals surface area (Å²) in [5.41, 5.74) is 0.468. The first kappa shape index (κ1) is 11.1. The van der Waals surface area contributed by atoms with Crippen molar-refractivity contribution in [1.82, 2.24) is 4.98 Å². The number of halogens is 1. The first-order chi connectivity index (χ1) is 7.07. The van der Waals surface area contributed by atoms with Gasteiger partial charge in [-0.2, -0.15) is 0 Å². The first-order valence-corrected chi connectivity index (χ1v) is 6.19. The molecule has 1 aliphatic carbocycles. The molecule has 0 aliphatic heterocycles. The zero-order chi connectivity index (χ0) is 10.9. The summed E-state index contributed by atoms with van der Waals surface area (Å²) in [6, 6.07) is 3.95. The highest BCUT2D eigenvalue weighted by atomic mass is 79.9. The minimum Gasteiger partial charge on any atom is -0.389 e. The van der Waals surface area contributed by atoms with E-state index in [1.54, 1.807) is 6.20 Å². The number of rotatable bonds is 2. The van der Waals surface area contributed by atoms with Crippen LogP contribution in [0.25, 0.3) is 0 Å². The largest absolute Gasteiger partial charge is 0.389 e. The summed E-state index contributed by atoms with van der Waals surface area (Å²) in [6.07, 6.45) is 5.42. The van der Waals surface area contributed by atoms with Crippen molar-refractivity contribution in [3.8, 4) is 0 Å². The van der Waals surface area contributed by atoms with Crippen LogP contribution in [0.5, 0.6) is 0 Å². The van der Waals surface area contributed by atoms with Gasteiger partial charge >= 0.3 is 0 Å². The van der Waals surface area contributed by atoms with E-state index in [2.05, 4.69) is 27.8 Å². The Balaban J connectivity index is 2.05. The van der Waals surface area contributed by atoms with Crippen molar-refractivity contribution < 1.29 is 5.11 Å². The van der Waals surface area contributed by atoms with E-state index in [0.717, 1.165) is 29.4 Å². The summed E-state index contributed by atoms with van der Waals surface area (Å²) in [5.74, 6) is 0.644. The van der Waals surface area contributed by atoms with Crippen LogP contribution in [0.15, 0.2) is 22.8 Å². The third-order valence-corrected chi connectivity index (χ3v) is 3.60. The number of hydrogen-bond acceptors (Lipinski definition) is 2. The van der Waals surface area contributed by atoms with Crippen LogP contribution < -0.4 is 0 Å². The van der Waals surface area contributed by atoms with Crippen molar-refractivity contribution in [2.24, 2.45) is 5.92 Å². The lowest BCUT2D eigenvalue weighted by Crippen LogP contribution is -2.28. The van der Waals surface area contributed by atoms with Crippen LogP contribution in [-0.4, -0.2) is 15.7 Å². The molecule has 15 heavy (non-hydrogen) atoms. The van der Waals surface area contributed by atoms with Gasteiger partial charge < -0.3 is 5.11 Å². The van der Waals surface area contributed by atoms with Gasteiger partial charge in [0.05, 0.1) is 5.60 Å². The van der Waals surface area contributed by atoms with Gasteiger partial charge in [0.25, 0.3) is 0 Å². The normalized spacial score (nSPS) is 30.7. The predicted molar refractivity (Wildman–Crippen MR) is 63.6 cm³/mol. The average molecular weight is 270 g/mol. The molecule has 2 nitrogen and oxygen atoms in total. The molecule has 2 rings (SSSR count). The zero-order valence-electron chi connectivity index (χ0n) is 8.91. The number of pyridine rings is 1. The highest BCUT2D eigenvalue weighted by Gasteiger charge is 2.35. The van der Waals surface area contributed by atoms with E-state index in [-0.39, 0.29) is 0 Å². The monoisotopic (exact) mass is 269 g/mol. The highest BCUT2D eigenvalue weighted by molar-refractivity contribution is 9.10. The van der Waals surface area contributed by atoms with Crippen molar-refractivity contribution >= 4 is 15.9 Å². The van der Waals surface area contributed by atoms with Crippen molar-refractivity contribution in [2.75, 3.05) is 0 Å². The Hall–Kier alpha value is -0.410. The van der Waals surface area contributed by atoms with E-state index in [1.807, 2.05) is 12.1 Å². The van der Waals surface area contributed by atoms with Crippen LogP contribution in [0, 0.1) is 5.92 Å². The number of hydrogen-bond donors (Lipinski definition) is 1. The van der Waals surface area contributed by atoms with Gasteiger partial charge in [0.15, 0.2) is 0 Å². The molecule has 1 aromatic rings. The van der Waals surface area contributed by atoms with E-state index < -0.39 is 5.60 Å². The fraction of sp³-hybridized carbons (Fsp3) is 0.583. The second kappa shape index (κ2) is 4.22. The molecule has 0 saturated heterocycles. The molecule has 1 N–H and O–H groups in total. The summed E-state index contributed by atoms with van der Waals surface area (Å²) in [4.78, 5) is 4.31. The number of aliphatic hydroxyl groups is 1. The molecule has 82 valence electrons. The van der Waals surface area contributed by atoms with Crippen LogP contribution in [0.2, 0.25) is 0 Å². The van der Waals surface area contributed by atoms with Crippen LogP contribution in [-0.2, 0) is 6.42 Å². The Morgan fingerprint density at radius 1 is 1.60 bits per heavy atom. The fourth-order valence-electron chi connectivity index (χ4n) is 2.38. The van der Waals surface area contributed by atoms with E-state index in [1.165, 1.54) is 0 Å². The van der Waals surface area contributed by atoms with Crippen LogP contribution >= 0.6 is 15.9 Å². The molecule has 1 fully saturated rings. The molecule has 0 spiro atoms. The molecule has 1 heterocycles. The molecule has 0 aromatic carbocycles. The van der Waals surface area contributed by atoms with Gasteiger partial charge in [0, 0.05) is 22.8 Å². The third-order valence-electron chi connectivity index (χ3n) is 3.13. The van der Waals surface area contributed by atoms with Gasteiger partial charge in [-0.3, -0.25) is 4.98 Å². The Labute approximate surface area is 98.9 Å². The molecule has 1 saturated carbocycles. The third kappa shape index (κ3) is 2.79. The maximum Gasteiger partial charge on any atom is 0.0705 e. The summed E-state index contributed by atoms with van der Waals surface area (Å²) >= 11 is 3.36. The van der Waals surface area contributed by atoms with E-state index in [9.17, 15) is 5.11 Å². The second-order valence-corrected chi connectivity index (χ2v) is 5.63. The SMILES string of the molecule is CC1CCC(O)(Cc2ccc(Br)cn2)C1. The molecule has 1 aromatic heterocycles. The first-order valence-electron chi connectivity index (χ1n) is 5.40. The van der Waals surface area contributed by atoms with E-state index in [4.69, 9.17) is 0 Å². The number of aromatic nitrogens is 1. The van der Waals surface area contributed by atoms with Crippen molar-refractivity contribution in [1.29, 1.82) is 0 Å². The summed E-state index contributed by atoms with van der Waals surface area (Å²) < 4.78 is 0.984. The summed E-state index contributed by atoms with van der Waals surface area (Å²) in [6.45, 7) is 2.20. The van der Waals surface area contributed by atoms with Crippen LogP contribution in [0.1, 0.15) is 31.9 Å². The van der Waals surface area contributed by atoms with Gasteiger partial charge in [-0.05, 0) is 53.2 Å². The van der Waals surface area contributed by atoms with E-state index >= 15 is 0 Å². The Morgan fingerprint density at radius 3 is 2.93 bits per heavy atom. The Morgan fingerprint density at radius 2 is 2.40 bits per heavy atom. The molecule has 0 radical (unpaired) electrons. The summed E-state index contributed by atoms with van der Waals surface area (Å²) in [5, 5.41) is 10.3. The van der Waals surface area contributed by atoms with Crippen molar-refractivity contribution in [3.05, 3.63) is 28.5 Å². The minimum absolute atomic E-state index is 0.514.